The van der Waals surface area contributed by atoms with Crippen molar-refractivity contribution < 1.29 is 13.9 Å². The third kappa shape index (κ3) is 2.51. The second kappa shape index (κ2) is 4.69. The summed E-state index contributed by atoms with van der Waals surface area (Å²) < 4.78 is 17.2. The molecule has 1 aromatic carbocycles. The Morgan fingerprint density at radius 3 is 2.57 bits per heavy atom. The van der Waals surface area contributed by atoms with Crippen LogP contribution in [0.2, 0.25) is 0 Å². The predicted molar refractivity (Wildman–Crippen MR) is 49.9 cm³/mol. The molecule has 0 aliphatic heterocycles. The van der Waals surface area contributed by atoms with Crippen LogP contribution in [0.4, 0.5) is 10.1 Å². The Labute approximate surface area is 81.0 Å². The van der Waals surface area contributed by atoms with Crippen molar-refractivity contribution in [1.29, 1.82) is 0 Å². The molecule has 0 aromatic heterocycles. The van der Waals surface area contributed by atoms with Gasteiger partial charge >= 0.3 is 0 Å². The molecule has 76 valence electrons. The third-order valence-electron chi connectivity index (χ3n) is 1.64. The first kappa shape index (κ1) is 10.6. The number of halogens is 1. The number of amides is 1. The lowest BCUT2D eigenvalue weighted by Crippen LogP contribution is -2.39. The standard InChI is InChI=1S/C9H11FN2O2/c1-14-6-9(13)12(11)8-4-2-7(10)3-5-8/h2-5H,6,11H2,1H3. The smallest absolute Gasteiger partial charge is 0.267 e. The van der Waals surface area contributed by atoms with Crippen LogP contribution in [0.1, 0.15) is 0 Å². The molecule has 0 saturated carbocycles. The van der Waals surface area contributed by atoms with Crippen LogP contribution in [0, 0.1) is 5.82 Å². The summed E-state index contributed by atoms with van der Waals surface area (Å²) in [5.74, 6) is 4.69. The van der Waals surface area contributed by atoms with E-state index in [1.54, 1.807) is 0 Å². The largest absolute Gasteiger partial charge is 0.375 e. The molecule has 1 aromatic rings. The average Bonchev–Trinajstić information content (AvgIpc) is 2.18. The number of ether oxygens (including phenoxy) is 1. The van der Waals surface area contributed by atoms with Crippen LogP contribution in [0.15, 0.2) is 24.3 Å². The molecular weight excluding hydrogens is 187 g/mol. The molecule has 0 aliphatic carbocycles. The summed E-state index contributed by atoms with van der Waals surface area (Å²) in [5, 5.41) is 0.920. The van der Waals surface area contributed by atoms with Crippen LogP contribution in [-0.4, -0.2) is 19.6 Å². The molecule has 0 radical (unpaired) electrons. The van der Waals surface area contributed by atoms with Crippen LogP contribution < -0.4 is 10.9 Å². The zero-order valence-electron chi connectivity index (χ0n) is 7.74. The second-order valence-electron chi connectivity index (χ2n) is 2.67. The molecule has 0 aliphatic rings. The zero-order chi connectivity index (χ0) is 10.6. The monoisotopic (exact) mass is 198 g/mol. The molecule has 0 unspecified atom stereocenters. The van der Waals surface area contributed by atoms with Crippen molar-refractivity contribution in [2.45, 2.75) is 0 Å². The Hall–Kier alpha value is -1.46. The van der Waals surface area contributed by atoms with Crippen LogP contribution in [0.25, 0.3) is 0 Å². The number of anilines is 1. The Morgan fingerprint density at radius 2 is 2.07 bits per heavy atom. The van der Waals surface area contributed by atoms with Gasteiger partial charge in [-0.25, -0.2) is 15.2 Å². The van der Waals surface area contributed by atoms with Crippen LogP contribution in [0.3, 0.4) is 0 Å². The second-order valence-corrected chi connectivity index (χ2v) is 2.67. The minimum atomic E-state index is -0.390. The van der Waals surface area contributed by atoms with Gasteiger partial charge in [-0.2, -0.15) is 0 Å². The maximum Gasteiger partial charge on any atom is 0.267 e. The van der Waals surface area contributed by atoms with Gasteiger partial charge in [0.15, 0.2) is 0 Å². The number of carbonyl (C=O) groups excluding carboxylic acids is 1. The highest BCUT2D eigenvalue weighted by Crippen LogP contribution is 2.11. The minimum Gasteiger partial charge on any atom is -0.375 e. The van der Waals surface area contributed by atoms with E-state index < -0.39 is 0 Å². The lowest BCUT2D eigenvalue weighted by atomic mass is 10.3. The minimum absolute atomic E-state index is 0.103. The first-order valence-corrected chi connectivity index (χ1v) is 3.97. The quantitative estimate of drug-likeness (QED) is 0.441. The van der Waals surface area contributed by atoms with Crippen LogP contribution in [-0.2, 0) is 9.53 Å². The van der Waals surface area contributed by atoms with Gasteiger partial charge in [-0.3, -0.25) is 4.79 Å². The van der Waals surface area contributed by atoms with Crippen molar-refractivity contribution in [1.82, 2.24) is 0 Å². The van der Waals surface area contributed by atoms with Crippen LogP contribution >= 0.6 is 0 Å². The van der Waals surface area contributed by atoms with Gasteiger partial charge in [-0.1, -0.05) is 0 Å². The van der Waals surface area contributed by atoms with E-state index in [4.69, 9.17) is 5.84 Å². The lowest BCUT2D eigenvalue weighted by Gasteiger charge is -2.15. The van der Waals surface area contributed by atoms with Gasteiger partial charge < -0.3 is 4.74 Å². The molecule has 1 rings (SSSR count). The molecule has 14 heavy (non-hydrogen) atoms. The van der Waals surface area contributed by atoms with Crippen molar-refractivity contribution in [3.63, 3.8) is 0 Å². The van der Waals surface area contributed by atoms with E-state index in [9.17, 15) is 9.18 Å². The molecule has 5 heteroatoms. The van der Waals surface area contributed by atoms with Gasteiger partial charge in [0, 0.05) is 7.11 Å². The predicted octanol–water partition coefficient (Wildman–Crippen LogP) is 0.679. The maximum atomic E-state index is 12.5. The summed E-state index contributed by atoms with van der Waals surface area (Å²) >= 11 is 0. The van der Waals surface area contributed by atoms with Gasteiger partial charge in [0.2, 0.25) is 0 Å². The average molecular weight is 198 g/mol. The van der Waals surface area contributed by atoms with Gasteiger partial charge in [0.1, 0.15) is 12.4 Å². The first-order valence-electron chi connectivity index (χ1n) is 3.97. The number of hydrogen-bond donors (Lipinski definition) is 1. The van der Waals surface area contributed by atoms with Crippen molar-refractivity contribution in [2.75, 3.05) is 18.7 Å². The van der Waals surface area contributed by atoms with Crippen molar-refractivity contribution in [3.8, 4) is 0 Å². The van der Waals surface area contributed by atoms with Crippen molar-refractivity contribution in [3.05, 3.63) is 30.1 Å². The van der Waals surface area contributed by atoms with Gasteiger partial charge in [0.25, 0.3) is 5.91 Å². The molecule has 0 bridgehead atoms. The fourth-order valence-electron chi connectivity index (χ4n) is 0.939. The molecule has 0 saturated heterocycles. The highest BCUT2D eigenvalue weighted by atomic mass is 19.1. The number of hydrogen-bond acceptors (Lipinski definition) is 3. The lowest BCUT2D eigenvalue weighted by molar-refractivity contribution is -0.122. The topological polar surface area (TPSA) is 55.6 Å². The summed E-state index contributed by atoms with van der Waals surface area (Å²) in [6.07, 6.45) is 0. The van der Waals surface area contributed by atoms with E-state index in [0.29, 0.717) is 5.69 Å². The zero-order valence-corrected chi connectivity index (χ0v) is 7.74. The molecule has 0 spiro atoms. The number of benzene rings is 1. The molecular formula is C9H11FN2O2. The number of methoxy groups -OCH3 is 1. The maximum absolute atomic E-state index is 12.5. The number of nitrogens with zero attached hydrogens (tertiary/aromatic N) is 1. The third-order valence-corrected chi connectivity index (χ3v) is 1.64. The fraction of sp³-hybridized carbons (Fsp3) is 0.222. The molecule has 2 N–H and O–H groups in total. The van der Waals surface area contributed by atoms with Gasteiger partial charge in [-0.15, -0.1) is 0 Å². The number of hydrazine groups is 1. The van der Waals surface area contributed by atoms with Gasteiger partial charge in [-0.05, 0) is 24.3 Å². The Kier molecular flexibility index (Phi) is 3.55. The molecule has 0 fully saturated rings. The SMILES string of the molecule is COCC(=O)N(N)c1ccc(F)cc1. The molecule has 0 atom stereocenters. The highest BCUT2D eigenvalue weighted by molar-refractivity contribution is 5.92. The number of rotatable bonds is 3. The molecule has 0 heterocycles. The highest BCUT2D eigenvalue weighted by Gasteiger charge is 2.10. The van der Waals surface area contributed by atoms with E-state index in [1.165, 1.54) is 31.4 Å². The molecule has 4 nitrogen and oxygen atoms in total. The normalized spacial score (nSPS) is 9.93. The summed E-state index contributed by atoms with van der Waals surface area (Å²) in [6, 6.07) is 5.30. The first-order chi connectivity index (χ1) is 6.65. The van der Waals surface area contributed by atoms with Gasteiger partial charge in [0.05, 0.1) is 5.69 Å². The Bertz CT molecular complexity index is 313. The van der Waals surface area contributed by atoms with Crippen LogP contribution in [0.5, 0.6) is 0 Å². The fourth-order valence-corrected chi connectivity index (χ4v) is 0.939. The number of nitrogens with two attached hydrogens (primary N) is 1. The number of carbonyl (C=O) groups is 1. The van der Waals surface area contributed by atoms with E-state index >= 15 is 0 Å². The van der Waals surface area contributed by atoms with Crippen molar-refractivity contribution in [2.24, 2.45) is 5.84 Å². The van der Waals surface area contributed by atoms with E-state index in [2.05, 4.69) is 4.74 Å². The summed E-state index contributed by atoms with van der Waals surface area (Å²) in [5.41, 5.74) is 0.424. The van der Waals surface area contributed by atoms with E-state index in [-0.39, 0.29) is 18.3 Å². The van der Waals surface area contributed by atoms with Crippen molar-refractivity contribution >= 4 is 11.6 Å². The van der Waals surface area contributed by atoms with E-state index in [1.807, 2.05) is 0 Å². The molecule has 1 amide bonds. The summed E-state index contributed by atoms with van der Waals surface area (Å²) in [7, 11) is 1.40. The summed E-state index contributed by atoms with van der Waals surface area (Å²) in [6.45, 7) is -0.103. The Balaban J connectivity index is 2.73. The van der Waals surface area contributed by atoms with E-state index in [0.717, 1.165) is 5.01 Å². The summed E-state index contributed by atoms with van der Waals surface area (Å²) in [4.78, 5) is 11.2. The Morgan fingerprint density at radius 1 is 1.50 bits per heavy atom.